The number of benzene rings is 5. The number of nitrogens with zero attached hydrogens (tertiary/aromatic N) is 4. The van der Waals surface area contributed by atoms with E-state index in [1.54, 1.807) is 84.9 Å². The van der Waals surface area contributed by atoms with Crippen molar-refractivity contribution < 1.29 is 34.1 Å². The molecule has 5 aromatic carbocycles. The summed E-state index contributed by atoms with van der Waals surface area (Å²) in [7, 11) is 0. The number of aromatic nitrogens is 3. The van der Waals surface area contributed by atoms with Gasteiger partial charge in [0, 0.05) is 32.2 Å². The second-order valence-corrected chi connectivity index (χ2v) is 13.5. The zero-order chi connectivity index (χ0) is 44.6. The van der Waals surface area contributed by atoms with Crippen LogP contribution in [0.1, 0.15) is 48.5 Å². The average molecular weight is 933 g/mol. The summed E-state index contributed by atoms with van der Waals surface area (Å²) >= 11 is 0. The fraction of sp³-hybridized carbons (Fsp3) is 0.115. The second-order valence-electron chi connectivity index (χ2n) is 13.5. The molecule has 58 heavy (non-hydrogen) atoms. The first-order valence-electron chi connectivity index (χ1n) is 22.0. The number of fused-ring (bicyclic) bond motifs is 3. The van der Waals surface area contributed by atoms with E-state index in [2.05, 4.69) is 39.2 Å². The molecule has 9 aromatic rings. The average Bonchev–Trinajstić information content (AvgIpc) is 3.68. The van der Waals surface area contributed by atoms with Crippen molar-refractivity contribution >= 4 is 21.9 Å². The van der Waals surface area contributed by atoms with E-state index in [0.29, 0.717) is 72.6 Å². The van der Waals surface area contributed by atoms with Crippen LogP contribution in [0, 0.1) is 29.5 Å². The molecule has 5 nitrogen and oxygen atoms in total. The molecule has 0 aliphatic heterocycles. The third-order valence-electron chi connectivity index (χ3n) is 9.62. The normalized spacial score (nSPS) is 13.5. The summed E-state index contributed by atoms with van der Waals surface area (Å²) in [6, 6.07) is 49.1. The summed E-state index contributed by atoms with van der Waals surface area (Å²) in [5.74, 6) is 0. The van der Waals surface area contributed by atoms with E-state index in [4.69, 9.17) is 11.3 Å². The summed E-state index contributed by atoms with van der Waals surface area (Å²) < 4.78 is 69.5. The first-order chi connectivity index (χ1) is 30.8. The van der Waals surface area contributed by atoms with Gasteiger partial charge in [-0.3, -0.25) is 0 Å². The Morgan fingerprint density at radius 2 is 1.07 bits per heavy atom. The Balaban J connectivity index is 0.00000576. The quantitative estimate of drug-likeness (QED) is 0.114. The van der Waals surface area contributed by atoms with Crippen molar-refractivity contribution in [3.05, 3.63) is 209 Å². The van der Waals surface area contributed by atoms with Crippen LogP contribution in [0.2, 0.25) is 0 Å². The van der Waals surface area contributed by atoms with Crippen LogP contribution in [0.4, 0.5) is 0 Å². The maximum atomic E-state index is 9.72. The predicted molar refractivity (Wildman–Crippen MR) is 226 cm³/mol. The minimum absolute atomic E-state index is 0. The maximum absolute atomic E-state index is 9.72. The van der Waals surface area contributed by atoms with Gasteiger partial charge in [0.2, 0.25) is 0 Å². The minimum Gasteiger partial charge on any atom is -0.499 e. The van der Waals surface area contributed by atoms with Gasteiger partial charge in [-0.25, -0.2) is 0 Å². The molecular formula is C52H37IrN4O. The largest absolute Gasteiger partial charge is 3.00 e. The van der Waals surface area contributed by atoms with Crippen LogP contribution in [0.25, 0.3) is 55.7 Å². The molecule has 0 fully saturated rings. The topological polar surface area (TPSA) is 75.6 Å². The van der Waals surface area contributed by atoms with E-state index >= 15 is 0 Å². The zero-order valence-electron chi connectivity index (χ0n) is 38.0. The van der Waals surface area contributed by atoms with E-state index < -0.39 is 19.1 Å². The molecule has 0 saturated heterocycles. The van der Waals surface area contributed by atoms with Crippen molar-refractivity contribution in [2.45, 2.75) is 38.4 Å². The summed E-state index contributed by atoms with van der Waals surface area (Å²) in [5.41, 5.74) is 7.63. The van der Waals surface area contributed by atoms with Crippen molar-refractivity contribution in [2.75, 3.05) is 0 Å². The number of furan rings is 1. The first kappa shape index (κ1) is 30.6. The van der Waals surface area contributed by atoms with Gasteiger partial charge in [-0.1, -0.05) is 77.7 Å². The van der Waals surface area contributed by atoms with E-state index in [0.717, 1.165) is 16.5 Å². The molecule has 4 aromatic heterocycles. The Labute approximate surface area is 362 Å². The smallest absolute Gasteiger partial charge is 0.499 e. The number of hydrogen-bond acceptors (Lipinski definition) is 5. The van der Waals surface area contributed by atoms with Crippen LogP contribution < -0.4 is 0 Å². The Morgan fingerprint density at radius 3 is 1.53 bits per heavy atom. The fourth-order valence-corrected chi connectivity index (χ4v) is 6.81. The van der Waals surface area contributed by atoms with Crippen molar-refractivity contribution in [3.8, 4) is 39.8 Å². The molecule has 0 bridgehead atoms. The molecule has 0 spiro atoms. The third kappa shape index (κ3) is 8.57. The molecule has 0 unspecified atom stereocenters. The molecule has 0 aliphatic carbocycles. The second kappa shape index (κ2) is 17.7. The molecule has 6 heteroatoms. The molecule has 0 amide bonds. The summed E-state index contributed by atoms with van der Waals surface area (Å²) in [6.07, 6.45) is -1.38. The Kier molecular flexibility index (Phi) is 9.36. The summed E-state index contributed by atoms with van der Waals surface area (Å²) in [5, 5.41) is 11.2. The molecule has 4 heterocycles. The first-order valence-corrected chi connectivity index (χ1v) is 18.5. The molecule has 0 saturated carbocycles. The predicted octanol–water partition coefficient (Wildman–Crippen LogP) is 11.4. The summed E-state index contributed by atoms with van der Waals surface area (Å²) in [4.78, 5) is 13.7. The molecule has 0 aliphatic rings. The summed E-state index contributed by atoms with van der Waals surface area (Å²) in [6.45, 7) is 0. The van der Waals surface area contributed by atoms with Gasteiger partial charge in [-0.15, -0.1) is 90.0 Å². The van der Waals surface area contributed by atoms with Crippen molar-refractivity contribution in [3.63, 3.8) is 0 Å². The van der Waals surface area contributed by atoms with Crippen LogP contribution >= 0.6 is 0 Å². The van der Waals surface area contributed by atoms with Gasteiger partial charge < -0.3 is 19.4 Å². The van der Waals surface area contributed by atoms with Gasteiger partial charge in [-0.05, 0) is 94.9 Å². The van der Waals surface area contributed by atoms with Crippen molar-refractivity contribution in [2.24, 2.45) is 0 Å². The monoisotopic (exact) mass is 933 g/mol. The number of para-hydroxylation sites is 1. The van der Waals surface area contributed by atoms with Gasteiger partial charge in [0.1, 0.15) is 11.7 Å². The molecule has 280 valence electrons. The molecule has 0 N–H and O–H groups in total. The SMILES string of the molecule is [2H]c1ccc2c(oc3c(-c4ccc(C([2H])([2H])Cc5cc(CC([2H])([2H])c6ccc(-c7[c-]cccc7)nc6)cc(CC([2H])([2H])c6ccc(-c7[c-]cccc7)nc6)c5)cn4)[c-]ccc32)c1C#N.[Ir+3]. The van der Waals surface area contributed by atoms with Gasteiger partial charge in [-0.2, -0.15) is 5.26 Å². The molecular weight excluding hydrogens is 889 g/mol. The maximum Gasteiger partial charge on any atom is 3.00 e. The Bertz CT molecular complexity index is 3060. The van der Waals surface area contributed by atoms with Crippen LogP contribution in [0.3, 0.4) is 0 Å². The van der Waals surface area contributed by atoms with E-state index in [9.17, 15) is 8.00 Å². The third-order valence-corrected chi connectivity index (χ3v) is 9.62. The molecule has 9 rings (SSSR count). The Morgan fingerprint density at radius 1 is 0.552 bits per heavy atom. The minimum atomic E-state index is -1.94. The van der Waals surface area contributed by atoms with Crippen LogP contribution in [0.15, 0.2) is 156 Å². The van der Waals surface area contributed by atoms with E-state index in [1.165, 1.54) is 18.6 Å². The number of nitriles is 1. The van der Waals surface area contributed by atoms with Gasteiger partial charge in [0.05, 0.1) is 12.5 Å². The van der Waals surface area contributed by atoms with Crippen molar-refractivity contribution in [1.82, 2.24) is 15.0 Å². The fourth-order valence-electron chi connectivity index (χ4n) is 6.81. The van der Waals surface area contributed by atoms with Crippen LogP contribution in [-0.4, -0.2) is 15.0 Å². The number of rotatable bonds is 12. The van der Waals surface area contributed by atoms with Crippen LogP contribution in [0.5, 0.6) is 0 Å². The van der Waals surface area contributed by atoms with Crippen molar-refractivity contribution in [1.29, 1.82) is 5.26 Å². The number of hydrogen-bond donors (Lipinski definition) is 0. The Hall–Kier alpha value is -6.51. The standard InChI is InChI=1S/C52H37N4O.Ir/c53-32-44-13-7-14-45-46-15-8-16-47(52(46)57-51(44)45)50-28-25-38(35-56-50)19-22-41-30-39(20-17-36-23-26-48(54-33-36)42-9-3-1-4-10-42)29-40(31-41)21-18-37-24-27-49(55-34-37)43-11-5-2-6-12-43;/h1-9,11,13-15,23-31,33-35H,17-22H2;/q-3;+3/i13D,17D2,18D2,19D2;. The van der Waals surface area contributed by atoms with Crippen LogP contribution in [-0.2, 0) is 58.5 Å². The van der Waals surface area contributed by atoms with Gasteiger partial charge >= 0.3 is 20.1 Å². The zero-order valence-corrected chi connectivity index (χ0v) is 33.4. The number of aryl methyl sites for hydroxylation is 6. The van der Waals surface area contributed by atoms with E-state index in [1.807, 2.05) is 42.5 Å². The van der Waals surface area contributed by atoms with E-state index in [-0.39, 0.29) is 51.0 Å². The number of pyridine rings is 3. The van der Waals surface area contributed by atoms with Gasteiger partial charge in [0.15, 0.2) is 0 Å². The molecule has 0 atom stereocenters. The molecule has 0 radical (unpaired) electrons. The van der Waals surface area contributed by atoms with Gasteiger partial charge in [0.25, 0.3) is 0 Å².